The molecule has 0 heterocycles. The Labute approximate surface area is 205 Å². The van der Waals surface area contributed by atoms with E-state index in [1.807, 2.05) is 0 Å². The molecule has 0 aliphatic heterocycles. The fourth-order valence-electron chi connectivity index (χ4n) is 3.07. The van der Waals surface area contributed by atoms with Crippen molar-refractivity contribution >= 4 is 27.0 Å². The molecule has 0 radical (unpaired) electrons. The number of hydrogen-bond acceptors (Lipinski definition) is 5. The number of halogens is 9. The predicted molar refractivity (Wildman–Crippen MR) is 113 cm³/mol. The Balaban J connectivity index is 0.000000686. The van der Waals surface area contributed by atoms with Gasteiger partial charge >= 0.3 is 29.2 Å². The molecule has 0 bridgehead atoms. The number of carbonyl (C=O) groups is 1. The van der Waals surface area contributed by atoms with Crippen LogP contribution in [-0.4, -0.2) is 54.4 Å². The molecule has 0 saturated carbocycles. The summed E-state index contributed by atoms with van der Waals surface area (Å²) in [6.07, 6.45) is -5.04. The molecule has 0 N–H and O–H groups in total. The van der Waals surface area contributed by atoms with Gasteiger partial charge in [-0.25, -0.2) is 8.42 Å². The quantitative estimate of drug-likeness (QED) is 0.187. The van der Waals surface area contributed by atoms with E-state index in [0.717, 1.165) is 0 Å². The summed E-state index contributed by atoms with van der Waals surface area (Å²) in [6.45, 7) is 12.5. The Kier molecular flexibility index (Phi) is 10.5. The fraction of sp³-hybridized carbons (Fsp3) is 0.650. The third-order valence-electron chi connectivity index (χ3n) is 4.53. The van der Waals surface area contributed by atoms with E-state index < -0.39 is 33.4 Å². The maximum absolute atomic E-state index is 12.2. The van der Waals surface area contributed by atoms with Crippen molar-refractivity contribution in [2.45, 2.75) is 75.1 Å². The van der Waals surface area contributed by atoms with Gasteiger partial charge in [-0.2, -0.15) is 39.5 Å². The third kappa shape index (κ3) is 7.43. The highest BCUT2D eigenvalue weighted by Crippen LogP contribution is 2.54. The molecule has 0 spiro atoms. The van der Waals surface area contributed by atoms with E-state index in [0.29, 0.717) is 5.94 Å². The molecule has 0 saturated heterocycles. The Hall–Kier alpha value is -1.68. The van der Waals surface area contributed by atoms with E-state index in [9.17, 15) is 57.3 Å². The molecule has 0 aromatic heterocycles. The third-order valence-corrected chi connectivity index (χ3v) is 6.92. The van der Waals surface area contributed by atoms with Crippen LogP contribution >= 0.6 is 0 Å². The van der Waals surface area contributed by atoms with Crippen molar-refractivity contribution < 1.29 is 62.0 Å². The second-order valence-electron chi connectivity index (χ2n) is 8.69. The molecule has 1 rings (SSSR count). The van der Waals surface area contributed by atoms with E-state index >= 15 is 0 Å². The number of aryl methyl sites for hydroxylation is 2. The van der Waals surface area contributed by atoms with Crippen molar-refractivity contribution in [2.75, 3.05) is 12.2 Å². The van der Waals surface area contributed by atoms with Crippen LogP contribution in [0.4, 0.5) is 39.5 Å². The zero-order chi connectivity index (χ0) is 29.3. The maximum atomic E-state index is 12.2. The summed E-state index contributed by atoms with van der Waals surface area (Å²) in [5, 5.41) is -7.11. The van der Waals surface area contributed by atoms with Crippen LogP contribution in [0.5, 0.6) is 0 Å². The number of rotatable bonds is 6. The van der Waals surface area contributed by atoms with Crippen LogP contribution in [0.15, 0.2) is 17.0 Å². The Morgan fingerprint density at radius 3 is 1.58 bits per heavy atom. The summed E-state index contributed by atoms with van der Waals surface area (Å²) in [4.78, 5) is 12.1. The van der Waals surface area contributed by atoms with E-state index in [1.54, 1.807) is 0 Å². The van der Waals surface area contributed by atoms with E-state index in [-0.39, 0.29) is 22.3 Å². The summed E-state index contributed by atoms with van der Waals surface area (Å²) >= 11 is 0. The lowest BCUT2D eigenvalue weighted by molar-refractivity contribution is -0.382. The lowest BCUT2D eigenvalue weighted by Crippen LogP contribution is -2.63. The first-order valence-corrected chi connectivity index (χ1v) is 12.9. The van der Waals surface area contributed by atoms with Crippen molar-refractivity contribution in [2.24, 2.45) is 0 Å². The van der Waals surface area contributed by atoms with Crippen molar-refractivity contribution in [3.05, 3.63) is 28.8 Å². The van der Waals surface area contributed by atoms with Gasteiger partial charge in [-0.1, -0.05) is 20.8 Å². The highest BCUT2D eigenvalue weighted by Gasteiger charge is 2.83. The minimum absolute atomic E-state index is 0.0526. The molecule has 5 nitrogen and oxygen atoms in total. The van der Waals surface area contributed by atoms with Crippen LogP contribution in [0, 0.1) is 13.8 Å². The smallest absolute Gasteiger partial charge is 0.460 e. The first kappa shape index (κ1) is 34.3. The lowest BCUT2D eigenvalue weighted by Gasteiger charge is -2.34. The lowest BCUT2D eigenvalue weighted by atomic mass is 9.81. The number of carbonyl (C=O) groups excluding carboxylic acids is 1. The van der Waals surface area contributed by atoms with Crippen LogP contribution < -0.4 is 0 Å². The number of benzene rings is 1. The van der Waals surface area contributed by atoms with E-state index in [2.05, 4.69) is 53.0 Å². The first-order chi connectivity index (χ1) is 15.6. The molecule has 36 heavy (non-hydrogen) atoms. The van der Waals surface area contributed by atoms with Crippen LogP contribution in [0.2, 0.25) is 0 Å². The van der Waals surface area contributed by atoms with Gasteiger partial charge in [0.15, 0.2) is 15.0 Å². The summed E-state index contributed by atoms with van der Waals surface area (Å²) in [5.74, 6) is -14.6. The molecule has 0 aliphatic rings. The van der Waals surface area contributed by atoms with Gasteiger partial charge in [0.1, 0.15) is 6.26 Å². The molecule has 1 atom stereocenters. The molecule has 1 aromatic carbocycles. The molecule has 0 aliphatic carbocycles. The minimum atomic E-state index is -7.43. The van der Waals surface area contributed by atoms with Gasteiger partial charge in [0.25, 0.3) is 5.94 Å². The average Bonchev–Trinajstić information content (AvgIpc) is 2.62. The van der Waals surface area contributed by atoms with Crippen LogP contribution in [0.25, 0.3) is 0 Å². The zero-order valence-corrected chi connectivity index (χ0v) is 21.8. The average molecular weight is 581 g/mol. The molecule has 1 unspecified atom stereocenters. The molecule has 0 amide bonds. The van der Waals surface area contributed by atoms with Crippen molar-refractivity contribution in [1.82, 2.24) is 0 Å². The SMILES string of the molecule is CC(=O)OC[S+](C)c1cc(C)c(C(C)(C)C)c(C)c1.O=S(=O)([O-])C(F)(F)C(F)(F)C(F)(F)C(F)(F)F. The Morgan fingerprint density at radius 2 is 1.31 bits per heavy atom. The summed E-state index contributed by atoms with van der Waals surface area (Å²) in [6, 6.07) is 4.47. The molecule has 16 heteroatoms. The van der Waals surface area contributed by atoms with Gasteiger partial charge in [-0.3, -0.25) is 4.79 Å². The molecular formula is C20H25F9O5S2. The number of esters is 1. The zero-order valence-electron chi connectivity index (χ0n) is 20.1. The van der Waals surface area contributed by atoms with E-state index in [4.69, 9.17) is 4.74 Å². The summed E-state index contributed by atoms with van der Waals surface area (Å²) < 4.78 is 141. The molecule has 0 fully saturated rings. The van der Waals surface area contributed by atoms with Crippen molar-refractivity contribution in [3.63, 3.8) is 0 Å². The van der Waals surface area contributed by atoms with Crippen molar-refractivity contribution in [3.8, 4) is 0 Å². The maximum Gasteiger partial charge on any atom is 0.460 e. The van der Waals surface area contributed by atoms with Gasteiger partial charge in [0.05, 0.1) is 10.9 Å². The highest BCUT2D eigenvalue weighted by atomic mass is 32.2. The predicted octanol–water partition coefficient (Wildman–Crippen LogP) is 5.69. The number of alkyl halides is 9. The van der Waals surface area contributed by atoms with Crippen LogP contribution in [-0.2, 0) is 36.0 Å². The normalized spacial score (nSPS) is 14.6. The molecule has 210 valence electrons. The van der Waals surface area contributed by atoms with Crippen LogP contribution in [0.1, 0.15) is 44.4 Å². The van der Waals surface area contributed by atoms with Gasteiger partial charge in [-0.05, 0) is 48.1 Å². The van der Waals surface area contributed by atoms with E-state index in [1.165, 1.54) is 28.5 Å². The van der Waals surface area contributed by atoms with Gasteiger partial charge in [-0.15, -0.1) is 0 Å². The highest BCUT2D eigenvalue weighted by molar-refractivity contribution is 7.96. The Bertz CT molecular complexity index is 1020. The van der Waals surface area contributed by atoms with Crippen LogP contribution in [0.3, 0.4) is 0 Å². The Morgan fingerprint density at radius 1 is 0.917 bits per heavy atom. The van der Waals surface area contributed by atoms with Gasteiger partial charge in [0.2, 0.25) is 0 Å². The first-order valence-electron chi connectivity index (χ1n) is 9.66. The fourth-order valence-corrected chi connectivity index (χ4v) is 4.74. The topological polar surface area (TPSA) is 83.5 Å². The van der Waals surface area contributed by atoms with Gasteiger partial charge < -0.3 is 9.29 Å². The summed E-state index contributed by atoms with van der Waals surface area (Å²) in [5.41, 5.74) is 4.23. The monoisotopic (exact) mass is 580 g/mol. The second-order valence-corrected chi connectivity index (χ2v) is 12.1. The number of ether oxygens (including phenoxy) is 1. The standard InChI is InChI=1S/C16H25O2S.C4HF9O3S/c1-11-8-14(19(7)10-18-13(3)17)9-12(2)15(11)16(4,5)6;5-1(6,3(9,10)11)2(7,8)4(12,13)17(14,15)16/h8-9H,10H2,1-7H3;(H,14,15,16)/q+1;/p-1. The number of hydrogen-bond donors (Lipinski definition) is 0. The summed E-state index contributed by atoms with van der Waals surface area (Å²) in [7, 11) is -7.47. The molecular weight excluding hydrogens is 555 g/mol. The molecule has 1 aromatic rings. The minimum Gasteiger partial charge on any atom is -0.743 e. The van der Waals surface area contributed by atoms with Gasteiger partial charge in [0, 0.05) is 6.92 Å². The van der Waals surface area contributed by atoms with Crippen molar-refractivity contribution in [1.29, 1.82) is 0 Å². The second kappa shape index (κ2) is 11.0. The largest absolute Gasteiger partial charge is 0.743 e.